The number of hydrogen-bond donors (Lipinski definition) is 1. The number of nitrogens with zero attached hydrogens (tertiary/aromatic N) is 2. The van der Waals surface area contributed by atoms with E-state index in [1.165, 1.54) is 0 Å². The molecule has 25 heavy (non-hydrogen) atoms. The van der Waals surface area contributed by atoms with Crippen molar-refractivity contribution in [2.24, 2.45) is 0 Å². The van der Waals surface area contributed by atoms with E-state index in [1.54, 1.807) is 12.3 Å². The molecule has 0 aliphatic rings. The highest BCUT2D eigenvalue weighted by Crippen LogP contribution is 2.15. The summed E-state index contributed by atoms with van der Waals surface area (Å²) < 4.78 is 5.41. The fourth-order valence-electron chi connectivity index (χ4n) is 2.38. The summed E-state index contributed by atoms with van der Waals surface area (Å²) in [7, 11) is 0. The number of nitrogens with one attached hydrogen (secondary N) is 1. The third kappa shape index (κ3) is 6.03. The SMILES string of the molecule is CCN(CC)c1ccc(CNC(=O)COCc2ccccc2Cl)cn1. The highest BCUT2D eigenvalue weighted by atomic mass is 35.5. The van der Waals surface area contributed by atoms with Crippen LogP contribution in [0, 0.1) is 0 Å². The van der Waals surface area contributed by atoms with Gasteiger partial charge in [0, 0.05) is 30.9 Å². The number of carbonyl (C=O) groups excluding carboxylic acids is 1. The number of amides is 1. The average Bonchev–Trinajstić information content (AvgIpc) is 2.63. The Labute approximate surface area is 154 Å². The maximum Gasteiger partial charge on any atom is 0.246 e. The van der Waals surface area contributed by atoms with Gasteiger partial charge in [-0.3, -0.25) is 4.79 Å². The molecule has 1 aromatic heterocycles. The lowest BCUT2D eigenvalue weighted by Gasteiger charge is -2.19. The first-order valence-corrected chi connectivity index (χ1v) is 8.79. The minimum absolute atomic E-state index is 0.00379. The van der Waals surface area contributed by atoms with Gasteiger partial charge >= 0.3 is 0 Å². The quantitative estimate of drug-likeness (QED) is 0.743. The van der Waals surface area contributed by atoms with Crippen molar-refractivity contribution in [1.29, 1.82) is 0 Å². The van der Waals surface area contributed by atoms with Crippen LogP contribution >= 0.6 is 11.6 Å². The Morgan fingerprint density at radius 2 is 1.96 bits per heavy atom. The number of carbonyl (C=O) groups is 1. The number of anilines is 1. The van der Waals surface area contributed by atoms with E-state index in [0.717, 1.165) is 30.0 Å². The summed E-state index contributed by atoms with van der Waals surface area (Å²) in [6.07, 6.45) is 1.79. The van der Waals surface area contributed by atoms with Gasteiger partial charge in [-0.15, -0.1) is 0 Å². The van der Waals surface area contributed by atoms with Crippen LogP contribution < -0.4 is 10.2 Å². The molecule has 2 rings (SSSR count). The molecule has 1 N–H and O–H groups in total. The third-order valence-corrected chi connectivity index (χ3v) is 4.20. The van der Waals surface area contributed by atoms with Gasteiger partial charge < -0.3 is 15.0 Å². The molecular formula is C19H24ClN3O2. The van der Waals surface area contributed by atoms with Gasteiger partial charge in [-0.1, -0.05) is 35.9 Å². The van der Waals surface area contributed by atoms with Gasteiger partial charge in [0.05, 0.1) is 6.61 Å². The first kappa shape index (κ1) is 19.2. The van der Waals surface area contributed by atoms with E-state index in [4.69, 9.17) is 16.3 Å². The normalized spacial score (nSPS) is 10.5. The van der Waals surface area contributed by atoms with Crippen LogP contribution in [0.25, 0.3) is 0 Å². The second-order valence-electron chi connectivity index (χ2n) is 5.56. The molecule has 6 heteroatoms. The number of benzene rings is 1. The standard InChI is InChI=1S/C19H24ClN3O2/c1-3-23(4-2)18-10-9-15(11-21-18)12-22-19(24)14-25-13-16-7-5-6-8-17(16)20/h5-11H,3-4,12-14H2,1-2H3,(H,22,24). The molecule has 2 aromatic rings. The summed E-state index contributed by atoms with van der Waals surface area (Å²) in [5, 5.41) is 3.47. The molecule has 0 atom stereocenters. The molecule has 0 saturated carbocycles. The van der Waals surface area contributed by atoms with Crippen molar-refractivity contribution in [1.82, 2.24) is 10.3 Å². The van der Waals surface area contributed by atoms with Crippen LogP contribution in [0.15, 0.2) is 42.6 Å². The van der Waals surface area contributed by atoms with Crippen molar-refractivity contribution in [2.75, 3.05) is 24.6 Å². The minimum atomic E-state index is -0.167. The Kier molecular flexibility index (Phi) is 7.70. The maximum atomic E-state index is 11.9. The van der Waals surface area contributed by atoms with E-state index in [0.29, 0.717) is 18.2 Å². The first-order valence-electron chi connectivity index (χ1n) is 8.41. The Hall–Kier alpha value is -2.11. The fourth-order valence-corrected chi connectivity index (χ4v) is 2.57. The molecule has 0 radical (unpaired) electrons. The maximum absolute atomic E-state index is 11.9. The van der Waals surface area contributed by atoms with Crippen molar-refractivity contribution in [2.45, 2.75) is 27.0 Å². The summed E-state index contributed by atoms with van der Waals surface area (Å²) in [5.74, 6) is 0.781. The van der Waals surface area contributed by atoms with Crippen LogP contribution in [-0.4, -0.2) is 30.6 Å². The van der Waals surface area contributed by atoms with E-state index in [-0.39, 0.29) is 12.5 Å². The minimum Gasteiger partial charge on any atom is -0.367 e. The van der Waals surface area contributed by atoms with E-state index in [1.807, 2.05) is 30.3 Å². The van der Waals surface area contributed by atoms with Gasteiger partial charge in [-0.2, -0.15) is 0 Å². The molecule has 0 unspecified atom stereocenters. The van der Waals surface area contributed by atoms with Crippen LogP contribution in [0.5, 0.6) is 0 Å². The van der Waals surface area contributed by atoms with Crippen LogP contribution in [-0.2, 0) is 22.7 Å². The Morgan fingerprint density at radius 3 is 2.60 bits per heavy atom. The fraction of sp³-hybridized carbons (Fsp3) is 0.368. The van der Waals surface area contributed by atoms with E-state index in [2.05, 4.69) is 29.0 Å². The van der Waals surface area contributed by atoms with Gasteiger partial charge in [0.25, 0.3) is 0 Å². The Balaban J connectivity index is 1.73. The van der Waals surface area contributed by atoms with Crippen LogP contribution in [0.4, 0.5) is 5.82 Å². The molecular weight excluding hydrogens is 338 g/mol. The van der Waals surface area contributed by atoms with E-state index >= 15 is 0 Å². The predicted octanol–water partition coefficient (Wildman–Crippen LogP) is 3.41. The number of ether oxygens (including phenoxy) is 1. The summed E-state index contributed by atoms with van der Waals surface area (Å²) in [6, 6.07) is 11.4. The molecule has 1 aromatic carbocycles. The molecule has 5 nitrogen and oxygen atoms in total. The molecule has 0 aliphatic heterocycles. The molecule has 0 fully saturated rings. The van der Waals surface area contributed by atoms with Gasteiger partial charge in [0.1, 0.15) is 12.4 Å². The zero-order chi connectivity index (χ0) is 18.1. The highest BCUT2D eigenvalue weighted by Gasteiger charge is 2.06. The largest absolute Gasteiger partial charge is 0.367 e. The number of aromatic nitrogens is 1. The Morgan fingerprint density at radius 1 is 1.20 bits per heavy atom. The van der Waals surface area contributed by atoms with Crippen molar-refractivity contribution in [3.63, 3.8) is 0 Å². The molecule has 1 amide bonds. The first-order chi connectivity index (χ1) is 12.1. The lowest BCUT2D eigenvalue weighted by Crippen LogP contribution is -2.27. The lowest BCUT2D eigenvalue weighted by atomic mass is 10.2. The van der Waals surface area contributed by atoms with Gasteiger partial charge in [0.15, 0.2) is 0 Å². The molecule has 0 aliphatic carbocycles. The Bertz CT molecular complexity index is 673. The predicted molar refractivity (Wildman–Crippen MR) is 101 cm³/mol. The summed E-state index contributed by atoms with van der Waals surface area (Å²) in [6.45, 7) is 6.78. The smallest absolute Gasteiger partial charge is 0.246 e. The molecule has 1 heterocycles. The number of rotatable bonds is 9. The van der Waals surface area contributed by atoms with Crippen LogP contribution in [0.1, 0.15) is 25.0 Å². The summed E-state index contributed by atoms with van der Waals surface area (Å²) in [4.78, 5) is 18.5. The van der Waals surface area contributed by atoms with Crippen molar-refractivity contribution in [3.05, 3.63) is 58.7 Å². The zero-order valence-electron chi connectivity index (χ0n) is 14.7. The number of halogens is 1. The molecule has 134 valence electrons. The second kappa shape index (κ2) is 10.0. The summed E-state index contributed by atoms with van der Waals surface area (Å²) in [5.41, 5.74) is 1.82. The second-order valence-corrected chi connectivity index (χ2v) is 5.97. The average molecular weight is 362 g/mol. The summed E-state index contributed by atoms with van der Waals surface area (Å²) >= 11 is 6.05. The van der Waals surface area contributed by atoms with Crippen molar-refractivity contribution in [3.8, 4) is 0 Å². The van der Waals surface area contributed by atoms with Gasteiger partial charge in [0.2, 0.25) is 5.91 Å². The van der Waals surface area contributed by atoms with Crippen LogP contribution in [0.3, 0.4) is 0 Å². The van der Waals surface area contributed by atoms with Gasteiger partial charge in [-0.25, -0.2) is 4.98 Å². The van der Waals surface area contributed by atoms with Crippen LogP contribution in [0.2, 0.25) is 5.02 Å². The molecule has 0 spiro atoms. The number of pyridine rings is 1. The van der Waals surface area contributed by atoms with Gasteiger partial charge in [-0.05, 0) is 37.1 Å². The zero-order valence-corrected chi connectivity index (χ0v) is 15.4. The van der Waals surface area contributed by atoms with Crippen molar-refractivity contribution >= 4 is 23.3 Å². The van der Waals surface area contributed by atoms with E-state index in [9.17, 15) is 4.79 Å². The monoisotopic (exact) mass is 361 g/mol. The highest BCUT2D eigenvalue weighted by molar-refractivity contribution is 6.31. The lowest BCUT2D eigenvalue weighted by molar-refractivity contribution is -0.126. The molecule has 0 saturated heterocycles. The van der Waals surface area contributed by atoms with E-state index < -0.39 is 0 Å². The topological polar surface area (TPSA) is 54.5 Å². The third-order valence-electron chi connectivity index (χ3n) is 3.83. The van der Waals surface area contributed by atoms with Crippen molar-refractivity contribution < 1.29 is 9.53 Å². The number of hydrogen-bond acceptors (Lipinski definition) is 4. The molecule has 0 bridgehead atoms.